The highest BCUT2D eigenvalue weighted by molar-refractivity contribution is 5.02. The molecular formula is C13H25NO2. The molecule has 0 aromatic rings. The highest BCUT2D eigenvalue weighted by atomic mass is 16.5. The van der Waals surface area contributed by atoms with Crippen molar-refractivity contribution in [1.82, 2.24) is 5.32 Å². The number of rotatable bonds is 4. The largest absolute Gasteiger partial charge is 0.381 e. The molecule has 2 aliphatic rings. The van der Waals surface area contributed by atoms with Crippen LogP contribution < -0.4 is 5.32 Å². The maximum absolute atomic E-state index is 5.50. The van der Waals surface area contributed by atoms with E-state index in [9.17, 15) is 0 Å². The van der Waals surface area contributed by atoms with Crippen molar-refractivity contribution in [2.45, 2.75) is 45.3 Å². The Balaban J connectivity index is 1.71. The third kappa shape index (κ3) is 2.41. The highest BCUT2D eigenvalue weighted by Gasteiger charge is 2.48. The summed E-state index contributed by atoms with van der Waals surface area (Å²) in [5.74, 6) is 0.714. The van der Waals surface area contributed by atoms with Crippen molar-refractivity contribution in [3.63, 3.8) is 0 Å². The molecule has 0 aromatic carbocycles. The van der Waals surface area contributed by atoms with Crippen LogP contribution >= 0.6 is 0 Å². The average Bonchev–Trinajstić information content (AvgIpc) is 2.29. The lowest BCUT2D eigenvalue weighted by molar-refractivity contribution is -0.0991. The van der Waals surface area contributed by atoms with Gasteiger partial charge >= 0.3 is 0 Å². The van der Waals surface area contributed by atoms with Gasteiger partial charge in [-0.05, 0) is 25.2 Å². The van der Waals surface area contributed by atoms with Crippen molar-refractivity contribution >= 4 is 0 Å². The molecule has 1 saturated heterocycles. The van der Waals surface area contributed by atoms with E-state index in [1.165, 1.54) is 12.8 Å². The molecule has 2 rings (SSSR count). The number of hydrogen-bond donors (Lipinski definition) is 1. The van der Waals surface area contributed by atoms with Crippen LogP contribution in [0.3, 0.4) is 0 Å². The lowest BCUT2D eigenvalue weighted by Crippen LogP contribution is -2.61. The van der Waals surface area contributed by atoms with Gasteiger partial charge in [-0.1, -0.05) is 13.8 Å². The quantitative estimate of drug-likeness (QED) is 0.794. The lowest BCUT2D eigenvalue weighted by atomic mass is 9.64. The minimum Gasteiger partial charge on any atom is -0.381 e. The zero-order chi connectivity index (χ0) is 11.6. The topological polar surface area (TPSA) is 30.5 Å². The lowest BCUT2D eigenvalue weighted by Gasteiger charge is -2.51. The summed E-state index contributed by atoms with van der Waals surface area (Å²) in [7, 11) is 1.82. The second-order valence-corrected chi connectivity index (χ2v) is 5.83. The van der Waals surface area contributed by atoms with Crippen LogP contribution in [0.15, 0.2) is 0 Å². The predicted molar refractivity (Wildman–Crippen MR) is 64.5 cm³/mol. The van der Waals surface area contributed by atoms with E-state index in [4.69, 9.17) is 9.47 Å². The third-order valence-corrected chi connectivity index (χ3v) is 4.37. The molecule has 2 fully saturated rings. The molecule has 1 saturated carbocycles. The minimum atomic E-state index is 0.282. The Kier molecular flexibility index (Phi) is 3.88. The van der Waals surface area contributed by atoms with Crippen molar-refractivity contribution in [2.24, 2.45) is 11.3 Å². The molecule has 0 aromatic heterocycles. The minimum absolute atomic E-state index is 0.282. The first-order valence-corrected chi connectivity index (χ1v) is 6.48. The molecule has 1 aliphatic carbocycles. The van der Waals surface area contributed by atoms with E-state index >= 15 is 0 Å². The summed E-state index contributed by atoms with van der Waals surface area (Å²) in [6, 6.07) is 0.611. The molecule has 1 heterocycles. The number of ether oxygens (including phenoxy) is 2. The predicted octanol–water partition coefficient (Wildman–Crippen LogP) is 1.82. The molecule has 3 nitrogen and oxygen atoms in total. The van der Waals surface area contributed by atoms with Crippen LogP contribution in [0.2, 0.25) is 0 Å². The van der Waals surface area contributed by atoms with Crippen molar-refractivity contribution in [1.29, 1.82) is 0 Å². The van der Waals surface area contributed by atoms with Crippen molar-refractivity contribution in [2.75, 3.05) is 26.9 Å². The Hall–Kier alpha value is -0.120. The fourth-order valence-electron chi connectivity index (χ4n) is 2.91. The summed E-state index contributed by atoms with van der Waals surface area (Å²) >= 11 is 0. The Morgan fingerprint density at radius 1 is 1.44 bits per heavy atom. The molecule has 0 amide bonds. The molecule has 0 radical (unpaired) electrons. The summed E-state index contributed by atoms with van der Waals surface area (Å²) in [4.78, 5) is 0. The number of methoxy groups -OCH3 is 1. The van der Waals surface area contributed by atoms with Gasteiger partial charge < -0.3 is 14.8 Å². The molecule has 1 N–H and O–H groups in total. The summed E-state index contributed by atoms with van der Waals surface area (Å²) in [6.45, 7) is 7.58. The summed E-state index contributed by atoms with van der Waals surface area (Å²) in [5, 5.41) is 3.68. The standard InChI is InChI=1S/C13H25NO2/c1-13(2)11(7-12(13)15-3)14-8-10-5-4-6-16-9-10/h10-12,14H,4-9H2,1-3H3. The zero-order valence-electron chi connectivity index (χ0n) is 10.8. The van der Waals surface area contributed by atoms with E-state index in [-0.39, 0.29) is 5.41 Å². The monoisotopic (exact) mass is 227 g/mol. The maximum Gasteiger partial charge on any atom is 0.0652 e. The molecule has 0 spiro atoms. The van der Waals surface area contributed by atoms with E-state index in [0.29, 0.717) is 18.1 Å². The second-order valence-electron chi connectivity index (χ2n) is 5.83. The molecule has 16 heavy (non-hydrogen) atoms. The van der Waals surface area contributed by atoms with Crippen LogP contribution in [0.1, 0.15) is 33.1 Å². The zero-order valence-corrected chi connectivity index (χ0v) is 10.8. The fourth-order valence-corrected chi connectivity index (χ4v) is 2.91. The molecular weight excluding hydrogens is 202 g/mol. The van der Waals surface area contributed by atoms with Gasteiger partial charge in [0, 0.05) is 31.7 Å². The van der Waals surface area contributed by atoms with Gasteiger partial charge in [0.1, 0.15) is 0 Å². The molecule has 94 valence electrons. The van der Waals surface area contributed by atoms with Crippen LogP contribution in [0.4, 0.5) is 0 Å². The van der Waals surface area contributed by atoms with Crippen molar-refractivity contribution in [3.05, 3.63) is 0 Å². The summed E-state index contributed by atoms with van der Waals surface area (Å²) < 4.78 is 11.0. The Labute approximate surface area is 98.9 Å². The molecule has 3 heteroatoms. The van der Waals surface area contributed by atoms with Gasteiger partial charge in [-0.2, -0.15) is 0 Å². The summed E-state index contributed by atoms with van der Waals surface area (Å²) in [5.41, 5.74) is 0.282. The fraction of sp³-hybridized carbons (Fsp3) is 1.00. The molecule has 0 bridgehead atoms. The first-order chi connectivity index (χ1) is 7.64. The van der Waals surface area contributed by atoms with Crippen LogP contribution in [-0.4, -0.2) is 39.0 Å². The Morgan fingerprint density at radius 2 is 2.25 bits per heavy atom. The van der Waals surface area contributed by atoms with E-state index in [1.807, 2.05) is 7.11 Å². The van der Waals surface area contributed by atoms with Gasteiger partial charge in [0.2, 0.25) is 0 Å². The van der Waals surface area contributed by atoms with Gasteiger partial charge in [-0.25, -0.2) is 0 Å². The van der Waals surface area contributed by atoms with Crippen LogP contribution in [0, 0.1) is 11.3 Å². The third-order valence-electron chi connectivity index (χ3n) is 4.37. The Bertz CT molecular complexity index is 224. The van der Waals surface area contributed by atoms with Gasteiger partial charge in [0.15, 0.2) is 0 Å². The van der Waals surface area contributed by atoms with E-state index in [0.717, 1.165) is 26.2 Å². The smallest absolute Gasteiger partial charge is 0.0652 e. The SMILES string of the molecule is COC1CC(NCC2CCCOC2)C1(C)C. The highest BCUT2D eigenvalue weighted by Crippen LogP contribution is 2.42. The Morgan fingerprint density at radius 3 is 2.81 bits per heavy atom. The summed E-state index contributed by atoms with van der Waals surface area (Å²) in [6.07, 6.45) is 4.11. The first-order valence-electron chi connectivity index (χ1n) is 6.48. The van der Waals surface area contributed by atoms with E-state index in [2.05, 4.69) is 19.2 Å². The van der Waals surface area contributed by atoms with Gasteiger partial charge in [0.25, 0.3) is 0 Å². The van der Waals surface area contributed by atoms with Crippen LogP contribution in [0.5, 0.6) is 0 Å². The van der Waals surface area contributed by atoms with E-state index in [1.54, 1.807) is 0 Å². The van der Waals surface area contributed by atoms with Crippen molar-refractivity contribution < 1.29 is 9.47 Å². The normalized spacial score (nSPS) is 38.1. The first kappa shape index (κ1) is 12.3. The van der Waals surface area contributed by atoms with E-state index < -0.39 is 0 Å². The van der Waals surface area contributed by atoms with Crippen LogP contribution in [-0.2, 0) is 9.47 Å². The number of hydrogen-bond acceptors (Lipinski definition) is 3. The number of nitrogens with one attached hydrogen (secondary N) is 1. The molecule has 3 atom stereocenters. The maximum atomic E-state index is 5.50. The van der Waals surface area contributed by atoms with Gasteiger partial charge in [-0.15, -0.1) is 0 Å². The average molecular weight is 227 g/mol. The van der Waals surface area contributed by atoms with Gasteiger partial charge in [0.05, 0.1) is 12.7 Å². The molecule has 3 unspecified atom stereocenters. The second kappa shape index (κ2) is 5.03. The van der Waals surface area contributed by atoms with Gasteiger partial charge in [-0.3, -0.25) is 0 Å². The molecule has 1 aliphatic heterocycles. The van der Waals surface area contributed by atoms with Crippen molar-refractivity contribution in [3.8, 4) is 0 Å². The van der Waals surface area contributed by atoms with Crippen LogP contribution in [0.25, 0.3) is 0 Å².